The molecule has 1 aromatic rings. The van der Waals surface area contributed by atoms with Crippen molar-refractivity contribution >= 4 is 11.6 Å². The zero-order valence-corrected chi connectivity index (χ0v) is 11.9. The Morgan fingerprint density at radius 1 is 1.11 bits per heavy atom. The first-order valence-corrected chi connectivity index (χ1v) is 7.67. The summed E-state index contributed by atoms with van der Waals surface area (Å²) in [5.74, 6) is -0.202. The molecule has 19 heavy (non-hydrogen) atoms. The van der Waals surface area contributed by atoms with Gasteiger partial charge in [-0.25, -0.2) is 8.78 Å². The molecule has 0 radical (unpaired) electrons. The predicted molar refractivity (Wildman–Crippen MR) is 75.5 cm³/mol. The molecule has 0 nitrogen and oxygen atoms in total. The van der Waals surface area contributed by atoms with Crippen LogP contribution in [0, 0.1) is 17.6 Å². The van der Waals surface area contributed by atoms with Crippen LogP contribution in [0.5, 0.6) is 0 Å². The number of halogens is 3. The van der Waals surface area contributed by atoms with Crippen LogP contribution in [0.15, 0.2) is 18.2 Å². The molecule has 1 fully saturated rings. The molecule has 0 spiro atoms. The number of hydrogen-bond donors (Lipinski definition) is 0. The van der Waals surface area contributed by atoms with E-state index in [1.807, 2.05) is 0 Å². The Hall–Kier alpha value is -0.630. The van der Waals surface area contributed by atoms with Crippen molar-refractivity contribution in [1.29, 1.82) is 0 Å². The molecule has 0 aliphatic heterocycles. The third-order valence-electron chi connectivity index (χ3n) is 4.10. The first-order chi connectivity index (χ1) is 9.16. The summed E-state index contributed by atoms with van der Waals surface area (Å²) in [4.78, 5) is 0. The van der Waals surface area contributed by atoms with E-state index in [4.69, 9.17) is 11.6 Å². The molecule has 0 heterocycles. The molecule has 1 atom stereocenters. The highest BCUT2D eigenvalue weighted by Crippen LogP contribution is 2.29. The van der Waals surface area contributed by atoms with Crippen LogP contribution in [0.25, 0.3) is 0 Å². The minimum atomic E-state index is -0.483. The minimum Gasteiger partial charge on any atom is -0.207 e. The maximum atomic E-state index is 13.5. The fourth-order valence-electron chi connectivity index (χ4n) is 2.94. The summed E-state index contributed by atoms with van der Waals surface area (Å²) in [7, 11) is 0. The zero-order valence-electron chi connectivity index (χ0n) is 11.2. The molecule has 0 N–H and O–H groups in total. The van der Waals surface area contributed by atoms with E-state index in [0.717, 1.165) is 18.8 Å². The van der Waals surface area contributed by atoms with Gasteiger partial charge in [0.2, 0.25) is 0 Å². The van der Waals surface area contributed by atoms with Gasteiger partial charge in [0, 0.05) is 10.9 Å². The lowest BCUT2D eigenvalue weighted by atomic mass is 9.85. The van der Waals surface area contributed by atoms with Crippen LogP contribution in [0.2, 0.25) is 0 Å². The van der Waals surface area contributed by atoms with Gasteiger partial charge < -0.3 is 0 Å². The molecular weight excluding hydrogens is 266 g/mol. The van der Waals surface area contributed by atoms with Crippen molar-refractivity contribution in [2.24, 2.45) is 5.92 Å². The third-order valence-corrected chi connectivity index (χ3v) is 4.47. The Bertz CT molecular complexity index is 379. The van der Waals surface area contributed by atoms with Crippen molar-refractivity contribution in [1.82, 2.24) is 0 Å². The number of rotatable bonds is 5. The van der Waals surface area contributed by atoms with Crippen LogP contribution in [-0.2, 0) is 6.42 Å². The largest absolute Gasteiger partial charge is 0.207 e. The van der Waals surface area contributed by atoms with Crippen molar-refractivity contribution in [2.45, 2.75) is 56.7 Å². The van der Waals surface area contributed by atoms with Crippen LogP contribution in [0.3, 0.4) is 0 Å². The van der Waals surface area contributed by atoms with Crippen LogP contribution < -0.4 is 0 Å². The Balaban J connectivity index is 1.82. The van der Waals surface area contributed by atoms with Crippen LogP contribution in [0.4, 0.5) is 8.78 Å². The Labute approximate surface area is 119 Å². The van der Waals surface area contributed by atoms with Gasteiger partial charge in [-0.2, -0.15) is 0 Å². The molecule has 106 valence electrons. The summed E-state index contributed by atoms with van der Waals surface area (Å²) in [6, 6.07) is 3.98. The summed E-state index contributed by atoms with van der Waals surface area (Å²) in [5.41, 5.74) is 0.131. The molecule has 2 rings (SSSR count). The van der Waals surface area contributed by atoms with E-state index in [0.29, 0.717) is 0 Å². The lowest BCUT2D eigenvalue weighted by Gasteiger charge is -2.22. The van der Waals surface area contributed by atoms with E-state index in [1.165, 1.54) is 50.3 Å². The second-order valence-corrected chi connectivity index (χ2v) is 6.20. The normalized spacial score (nSPS) is 18.5. The molecule has 0 saturated heterocycles. The smallest absolute Gasteiger partial charge is 0.129 e. The van der Waals surface area contributed by atoms with Gasteiger partial charge in [-0.1, -0.05) is 38.2 Å². The van der Waals surface area contributed by atoms with Gasteiger partial charge in [0.1, 0.15) is 11.6 Å². The van der Waals surface area contributed by atoms with Crippen molar-refractivity contribution in [3.8, 4) is 0 Å². The SMILES string of the molecule is Fc1cccc(F)c1CC(Cl)CCC1CCCCC1. The Morgan fingerprint density at radius 3 is 2.37 bits per heavy atom. The van der Waals surface area contributed by atoms with Gasteiger partial charge in [0.25, 0.3) is 0 Å². The third kappa shape index (κ3) is 4.45. The molecule has 1 saturated carbocycles. The summed E-state index contributed by atoms with van der Waals surface area (Å²) in [5, 5.41) is -0.173. The van der Waals surface area contributed by atoms with Gasteiger partial charge in [-0.15, -0.1) is 11.6 Å². The lowest BCUT2D eigenvalue weighted by molar-refractivity contribution is 0.330. The van der Waals surface area contributed by atoms with E-state index in [1.54, 1.807) is 0 Å². The van der Waals surface area contributed by atoms with Crippen LogP contribution in [0.1, 0.15) is 50.5 Å². The highest BCUT2D eigenvalue weighted by Gasteiger charge is 2.17. The molecule has 1 aliphatic rings. The highest BCUT2D eigenvalue weighted by molar-refractivity contribution is 6.20. The number of benzene rings is 1. The Morgan fingerprint density at radius 2 is 1.74 bits per heavy atom. The van der Waals surface area contributed by atoms with Crippen LogP contribution >= 0.6 is 11.6 Å². The van der Waals surface area contributed by atoms with E-state index in [-0.39, 0.29) is 17.4 Å². The maximum Gasteiger partial charge on any atom is 0.129 e. The minimum absolute atomic E-state index is 0.131. The molecular formula is C16H21ClF2. The van der Waals surface area contributed by atoms with Gasteiger partial charge in [0.15, 0.2) is 0 Å². The highest BCUT2D eigenvalue weighted by atomic mass is 35.5. The first-order valence-electron chi connectivity index (χ1n) is 7.23. The van der Waals surface area contributed by atoms with E-state index < -0.39 is 11.6 Å². The average molecular weight is 287 g/mol. The summed E-state index contributed by atoms with van der Waals surface area (Å²) in [6.45, 7) is 0. The monoisotopic (exact) mass is 286 g/mol. The molecule has 3 heteroatoms. The summed E-state index contributed by atoms with van der Waals surface area (Å²) in [6.07, 6.45) is 8.78. The standard InChI is InChI=1S/C16H21ClF2/c17-13(10-9-12-5-2-1-3-6-12)11-14-15(18)7-4-8-16(14)19/h4,7-8,12-13H,1-3,5-6,9-11H2. The fourth-order valence-corrected chi connectivity index (χ4v) is 3.22. The molecule has 1 aromatic carbocycles. The van der Waals surface area contributed by atoms with Crippen molar-refractivity contribution in [3.05, 3.63) is 35.4 Å². The van der Waals surface area contributed by atoms with Gasteiger partial charge >= 0.3 is 0 Å². The second kappa shape index (κ2) is 7.23. The molecule has 1 aliphatic carbocycles. The number of alkyl halides is 1. The van der Waals surface area contributed by atoms with E-state index >= 15 is 0 Å². The first kappa shape index (κ1) is 14.8. The molecule has 0 amide bonds. The average Bonchev–Trinajstić information content (AvgIpc) is 2.42. The van der Waals surface area contributed by atoms with Gasteiger partial charge in [0.05, 0.1) is 0 Å². The molecule has 0 aromatic heterocycles. The van der Waals surface area contributed by atoms with E-state index in [2.05, 4.69) is 0 Å². The van der Waals surface area contributed by atoms with Crippen molar-refractivity contribution in [3.63, 3.8) is 0 Å². The molecule has 0 bridgehead atoms. The van der Waals surface area contributed by atoms with Crippen molar-refractivity contribution < 1.29 is 8.78 Å². The topological polar surface area (TPSA) is 0 Å². The lowest BCUT2D eigenvalue weighted by Crippen LogP contribution is -2.12. The quantitative estimate of drug-likeness (QED) is 0.629. The second-order valence-electron chi connectivity index (χ2n) is 5.58. The predicted octanol–water partition coefficient (Wildman–Crippen LogP) is 5.48. The summed E-state index contributed by atoms with van der Waals surface area (Å²) < 4.78 is 27.0. The zero-order chi connectivity index (χ0) is 13.7. The van der Waals surface area contributed by atoms with E-state index in [9.17, 15) is 8.78 Å². The fraction of sp³-hybridized carbons (Fsp3) is 0.625. The molecule has 1 unspecified atom stereocenters. The van der Waals surface area contributed by atoms with Gasteiger partial charge in [-0.05, 0) is 37.3 Å². The van der Waals surface area contributed by atoms with Crippen LogP contribution in [-0.4, -0.2) is 5.38 Å². The Kier molecular flexibility index (Phi) is 5.62. The van der Waals surface area contributed by atoms with Gasteiger partial charge in [-0.3, -0.25) is 0 Å². The number of hydrogen-bond acceptors (Lipinski definition) is 0. The maximum absolute atomic E-state index is 13.5. The summed E-state index contributed by atoms with van der Waals surface area (Å²) >= 11 is 6.25. The van der Waals surface area contributed by atoms with Crippen molar-refractivity contribution in [2.75, 3.05) is 0 Å².